The van der Waals surface area contributed by atoms with Crippen molar-refractivity contribution >= 4 is 10.8 Å². The number of rotatable bonds is 5. The van der Waals surface area contributed by atoms with Crippen LogP contribution in [0.25, 0.3) is 10.8 Å². The highest BCUT2D eigenvalue weighted by Gasteiger charge is 2.16. The topological polar surface area (TPSA) is 50.9 Å². The largest absolute Gasteiger partial charge is 0.325 e. The van der Waals surface area contributed by atoms with Crippen molar-refractivity contribution in [3.05, 3.63) is 41.2 Å². The fourth-order valence-corrected chi connectivity index (χ4v) is 2.88. The van der Waals surface area contributed by atoms with Gasteiger partial charge in [-0.25, -0.2) is 0 Å². The van der Waals surface area contributed by atoms with Crippen LogP contribution < -0.4 is 11.1 Å². The molecular weight excluding hydrogens is 246 g/mol. The third kappa shape index (κ3) is 2.84. The number of nitrogens with one attached hydrogen (secondary N) is 1. The quantitative estimate of drug-likeness (QED) is 0.877. The van der Waals surface area contributed by atoms with Gasteiger partial charge in [-0.05, 0) is 55.3 Å². The zero-order chi connectivity index (χ0) is 13.9. The molecule has 0 amide bonds. The molecule has 106 valence electrons. The molecule has 1 heterocycles. The zero-order valence-corrected chi connectivity index (χ0v) is 12.2. The third-order valence-corrected chi connectivity index (χ3v) is 4.34. The molecule has 3 rings (SSSR count). The molecule has 1 saturated carbocycles. The van der Waals surface area contributed by atoms with Gasteiger partial charge in [0.05, 0.1) is 5.69 Å². The normalized spacial score (nSPS) is 15.5. The summed E-state index contributed by atoms with van der Waals surface area (Å²) < 4.78 is 0. The van der Waals surface area contributed by atoms with Gasteiger partial charge in [0.2, 0.25) is 0 Å². The summed E-state index contributed by atoms with van der Waals surface area (Å²) in [5, 5.41) is 6.05. The molecule has 1 aliphatic carbocycles. The number of nitrogens with zero attached hydrogens (tertiary/aromatic N) is 1. The van der Waals surface area contributed by atoms with Gasteiger partial charge in [0.1, 0.15) is 0 Å². The van der Waals surface area contributed by atoms with Crippen molar-refractivity contribution in [1.82, 2.24) is 10.3 Å². The minimum atomic E-state index is 0.501. The number of pyridine rings is 1. The summed E-state index contributed by atoms with van der Waals surface area (Å²) >= 11 is 0. The van der Waals surface area contributed by atoms with E-state index in [9.17, 15) is 0 Å². The first kappa shape index (κ1) is 13.5. The predicted octanol–water partition coefficient (Wildman–Crippen LogP) is 2.89. The second kappa shape index (κ2) is 5.90. The summed E-state index contributed by atoms with van der Waals surface area (Å²) in [5.41, 5.74) is 9.08. The van der Waals surface area contributed by atoms with Gasteiger partial charge in [-0.3, -0.25) is 4.98 Å². The Labute approximate surface area is 120 Å². The Bertz CT molecular complexity index is 602. The molecule has 3 N–H and O–H groups in total. The number of fused-ring (bicyclic) bond motifs is 1. The molecule has 1 fully saturated rings. The number of benzene rings is 1. The maximum atomic E-state index is 5.71. The fraction of sp³-hybridized carbons (Fsp3) is 0.471. The number of hydrogen-bond acceptors (Lipinski definition) is 3. The standard InChI is InChI=1S/C17H23N3/c1-12-17-6-5-14(11-19-10-13-3-2-4-13)7-15(17)8-16(9-18)20-12/h5-8,13,19H,2-4,9-11,18H2,1H3. The summed E-state index contributed by atoms with van der Waals surface area (Å²) in [4.78, 5) is 4.51. The van der Waals surface area contributed by atoms with Crippen LogP contribution >= 0.6 is 0 Å². The van der Waals surface area contributed by atoms with Crippen LogP contribution in [0.5, 0.6) is 0 Å². The third-order valence-electron chi connectivity index (χ3n) is 4.34. The number of aromatic nitrogens is 1. The molecule has 0 saturated heterocycles. The van der Waals surface area contributed by atoms with E-state index in [1.54, 1.807) is 0 Å². The average Bonchev–Trinajstić information content (AvgIpc) is 2.41. The fourth-order valence-electron chi connectivity index (χ4n) is 2.88. The summed E-state index contributed by atoms with van der Waals surface area (Å²) in [6.45, 7) is 4.66. The van der Waals surface area contributed by atoms with Crippen molar-refractivity contribution in [3.8, 4) is 0 Å². The van der Waals surface area contributed by atoms with E-state index in [1.807, 2.05) is 0 Å². The monoisotopic (exact) mass is 269 g/mol. The highest BCUT2D eigenvalue weighted by atomic mass is 14.9. The summed E-state index contributed by atoms with van der Waals surface area (Å²) in [6.07, 6.45) is 4.21. The highest BCUT2D eigenvalue weighted by molar-refractivity contribution is 5.85. The summed E-state index contributed by atoms with van der Waals surface area (Å²) in [6, 6.07) is 8.75. The van der Waals surface area contributed by atoms with Gasteiger partial charge >= 0.3 is 0 Å². The predicted molar refractivity (Wildman–Crippen MR) is 83.4 cm³/mol. The smallest absolute Gasteiger partial charge is 0.0549 e. The lowest BCUT2D eigenvalue weighted by Gasteiger charge is -2.25. The van der Waals surface area contributed by atoms with Gasteiger partial charge < -0.3 is 11.1 Å². The molecule has 0 unspecified atom stereocenters. The van der Waals surface area contributed by atoms with Gasteiger partial charge in [0.25, 0.3) is 0 Å². The van der Waals surface area contributed by atoms with Crippen LogP contribution in [0.3, 0.4) is 0 Å². The van der Waals surface area contributed by atoms with E-state index in [0.717, 1.165) is 30.4 Å². The van der Waals surface area contributed by atoms with Crippen molar-refractivity contribution in [2.24, 2.45) is 11.7 Å². The summed E-state index contributed by atoms with van der Waals surface area (Å²) in [5.74, 6) is 0.908. The SMILES string of the molecule is Cc1nc(CN)cc2cc(CNCC3CCC3)ccc12. The number of aryl methyl sites for hydroxylation is 1. The Balaban J connectivity index is 1.74. The highest BCUT2D eigenvalue weighted by Crippen LogP contribution is 2.25. The maximum Gasteiger partial charge on any atom is 0.0549 e. The van der Waals surface area contributed by atoms with E-state index in [0.29, 0.717) is 6.54 Å². The van der Waals surface area contributed by atoms with E-state index in [2.05, 4.69) is 41.5 Å². The molecule has 20 heavy (non-hydrogen) atoms. The van der Waals surface area contributed by atoms with Gasteiger partial charge in [0.15, 0.2) is 0 Å². The second-order valence-corrected chi connectivity index (χ2v) is 5.89. The average molecular weight is 269 g/mol. The Morgan fingerprint density at radius 3 is 2.85 bits per heavy atom. The van der Waals surface area contributed by atoms with E-state index in [-0.39, 0.29) is 0 Å². The molecule has 1 aromatic carbocycles. The first-order valence-electron chi connectivity index (χ1n) is 7.56. The van der Waals surface area contributed by atoms with Gasteiger partial charge in [-0.1, -0.05) is 18.6 Å². The van der Waals surface area contributed by atoms with E-state index in [4.69, 9.17) is 5.73 Å². The van der Waals surface area contributed by atoms with Crippen LogP contribution in [0.4, 0.5) is 0 Å². The van der Waals surface area contributed by atoms with Crippen LogP contribution in [0.15, 0.2) is 24.3 Å². The van der Waals surface area contributed by atoms with Gasteiger partial charge in [-0.2, -0.15) is 0 Å². The molecule has 1 aromatic heterocycles. The Morgan fingerprint density at radius 2 is 2.15 bits per heavy atom. The molecule has 3 nitrogen and oxygen atoms in total. The lowest BCUT2D eigenvalue weighted by molar-refractivity contribution is 0.301. The second-order valence-electron chi connectivity index (χ2n) is 5.89. The van der Waals surface area contributed by atoms with E-state index >= 15 is 0 Å². The van der Waals surface area contributed by atoms with Crippen molar-refractivity contribution < 1.29 is 0 Å². The maximum absolute atomic E-state index is 5.71. The van der Waals surface area contributed by atoms with Gasteiger partial charge in [-0.15, -0.1) is 0 Å². The lowest BCUT2D eigenvalue weighted by Crippen LogP contribution is -2.26. The molecule has 2 aromatic rings. The summed E-state index contributed by atoms with van der Waals surface area (Å²) in [7, 11) is 0. The molecule has 0 spiro atoms. The number of hydrogen-bond donors (Lipinski definition) is 2. The van der Waals surface area contributed by atoms with Crippen molar-refractivity contribution in [2.75, 3.05) is 6.54 Å². The Hall–Kier alpha value is -1.45. The minimum absolute atomic E-state index is 0.501. The molecule has 0 atom stereocenters. The van der Waals surface area contributed by atoms with E-state index < -0.39 is 0 Å². The van der Waals surface area contributed by atoms with Crippen LogP contribution in [0.1, 0.15) is 36.2 Å². The van der Waals surface area contributed by atoms with Crippen LogP contribution in [0.2, 0.25) is 0 Å². The van der Waals surface area contributed by atoms with Crippen molar-refractivity contribution in [1.29, 1.82) is 0 Å². The van der Waals surface area contributed by atoms with Crippen molar-refractivity contribution in [3.63, 3.8) is 0 Å². The molecule has 1 aliphatic rings. The molecule has 3 heteroatoms. The van der Waals surface area contributed by atoms with Gasteiger partial charge in [0, 0.05) is 24.2 Å². The molecular formula is C17H23N3. The van der Waals surface area contributed by atoms with Crippen LogP contribution in [0, 0.1) is 12.8 Å². The molecule has 0 radical (unpaired) electrons. The Kier molecular flexibility index (Phi) is 3.99. The van der Waals surface area contributed by atoms with Crippen molar-refractivity contribution in [2.45, 2.75) is 39.3 Å². The van der Waals surface area contributed by atoms with Crippen LogP contribution in [-0.4, -0.2) is 11.5 Å². The molecule has 0 bridgehead atoms. The zero-order valence-electron chi connectivity index (χ0n) is 12.2. The molecule has 0 aliphatic heterocycles. The first-order chi connectivity index (χ1) is 9.76. The van der Waals surface area contributed by atoms with Crippen LogP contribution in [-0.2, 0) is 13.1 Å². The number of nitrogens with two attached hydrogens (primary N) is 1. The first-order valence-corrected chi connectivity index (χ1v) is 7.56. The lowest BCUT2D eigenvalue weighted by atomic mass is 9.85. The Morgan fingerprint density at radius 1 is 1.30 bits per heavy atom. The minimum Gasteiger partial charge on any atom is -0.325 e. The van der Waals surface area contributed by atoms with E-state index in [1.165, 1.54) is 35.6 Å².